The summed E-state index contributed by atoms with van der Waals surface area (Å²) < 4.78 is 3.01. The topological polar surface area (TPSA) is 130 Å². The molecule has 0 spiro atoms. The molecule has 1 atom stereocenters. The first kappa shape index (κ1) is 25.6. The average molecular weight is 659 g/mol. The van der Waals surface area contributed by atoms with Crippen molar-refractivity contribution in [3.63, 3.8) is 0 Å². The number of pyridine rings is 1. The number of nitrogens with one attached hydrogen (secondary N) is 1. The fourth-order valence-electron chi connectivity index (χ4n) is 5.74. The second kappa shape index (κ2) is 10.2. The Balaban J connectivity index is 1.19. The van der Waals surface area contributed by atoms with Crippen LogP contribution in [0.2, 0.25) is 0 Å². The predicted octanol–water partition coefficient (Wildman–Crippen LogP) is 0.220. The average Bonchev–Trinajstić information content (AvgIpc) is 3.69. The number of halogens is 1. The maximum atomic E-state index is 13.3. The Bertz CT molecular complexity index is 1770. The molecule has 2 aromatic heterocycles. The SMILES string of the molecule is O=C1CCC(N2Cc3ccc([I-]n4cc(-c5ccc6c(c5)CC/C6=N\O)c(-c5ccncc5)n4)cc3C2=O)C(=O)N1. The number of hydrogen-bond acceptors (Lipinski definition) is 7. The van der Waals surface area contributed by atoms with E-state index in [4.69, 9.17) is 5.10 Å². The van der Waals surface area contributed by atoms with Crippen LogP contribution >= 0.6 is 0 Å². The maximum absolute atomic E-state index is 13.3. The van der Waals surface area contributed by atoms with E-state index in [0.717, 1.165) is 55.5 Å². The molecule has 0 bridgehead atoms. The number of amides is 3. The number of aryl methyl sites for hydroxylation is 1. The standard InChI is InChI=1S/C30H24IN6O4/c38-27-8-7-26(29(39)33-27)36-15-20-1-4-21(14-23(20)30(36)40)31-37-16-24(28(34-37)17-9-11-32-12-10-17)19-2-5-22-18(13-19)3-6-25(22)35-41/h1-2,4-5,9-14,16,26,41H,3,6-8,15H2,(H,33,38,39)/q-1/b35-25+. The van der Waals surface area contributed by atoms with E-state index in [9.17, 15) is 19.6 Å². The van der Waals surface area contributed by atoms with E-state index in [1.165, 1.54) is 0 Å². The zero-order chi connectivity index (χ0) is 28.1. The van der Waals surface area contributed by atoms with Gasteiger partial charge in [-0.25, -0.2) is 0 Å². The van der Waals surface area contributed by atoms with Gasteiger partial charge in [-0.15, -0.1) is 0 Å². The molecule has 41 heavy (non-hydrogen) atoms. The van der Waals surface area contributed by atoms with E-state index in [1.54, 1.807) is 17.3 Å². The van der Waals surface area contributed by atoms with E-state index in [0.29, 0.717) is 24.2 Å². The molecule has 3 amide bonds. The number of fused-ring (bicyclic) bond motifs is 2. The van der Waals surface area contributed by atoms with Crippen LogP contribution in [0.15, 0.2) is 72.3 Å². The van der Waals surface area contributed by atoms with Crippen LogP contribution in [-0.2, 0) is 22.6 Å². The molecule has 2 aromatic carbocycles. The minimum absolute atomic E-state index is 0.178. The molecule has 7 rings (SSSR count). The Hall–Kier alpha value is -4.39. The summed E-state index contributed by atoms with van der Waals surface area (Å²) in [6.45, 7) is 0.359. The fraction of sp³-hybridized carbons (Fsp3) is 0.200. The molecule has 1 fully saturated rings. The molecule has 1 saturated heterocycles. The van der Waals surface area contributed by atoms with Gasteiger partial charge in [-0.3, -0.25) is 0 Å². The van der Waals surface area contributed by atoms with Crippen molar-refractivity contribution in [1.82, 2.24) is 23.2 Å². The number of rotatable bonds is 5. The molecule has 11 heteroatoms. The number of carbonyl (C=O) groups is 3. The van der Waals surface area contributed by atoms with Gasteiger partial charge in [0, 0.05) is 0 Å². The molecule has 4 aromatic rings. The number of carbonyl (C=O) groups excluding carboxylic acids is 3. The van der Waals surface area contributed by atoms with Gasteiger partial charge in [0.15, 0.2) is 0 Å². The van der Waals surface area contributed by atoms with E-state index in [2.05, 4.69) is 27.7 Å². The van der Waals surface area contributed by atoms with Gasteiger partial charge in [0.2, 0.25) is 0 Å². The molecule has 4 heterocycles. The van der Waals surface area contributed by atoms with Crippen LogP contribution in [0.4, 0.5) is 0 Å². The van der Waals surface area contributed by atoms with E-state index in [1.807, 2.05) is 45.4 Å². The van der Waals surface area contributed by atoms with Crippen molar-refractivity contribution >= 4 is 23.4 Å². The van der Waals surface area contributed by atoms with Crippen molar-refractivity contribution in [2.24, 2.45) is 5.16 Å². The zero-order valence-electron chi connectivity index (χ0n) is 21.7. The van der Waals surface area contributed by atoms with Crippen molar-refractivity contribution in [2.45, 2.75) is 38.3 Å². The summed E-state index contributed by atoms with van der Waals surface area (Å²) in [6.07, 6.45) is 7.68. The van der Waals surface area contributed by atoms with Gasteiger partial charge in [-0.2, -0.15) is 0 Å². The number of benzene rings is 2. The van der Waals surface area contributed by atoms with E-state index in [-0.39, 0.29) is 18.2 Å². The van der Waals surface area contributed by atoms with Crippen molar-refractivity contribution in [2.75, 3.05) is 0 Å². The number of hydrogen-bond donors (Lipinski definition) is 2. The Morgan fingerprint density at radius 1 is 0.902 bits per heavy atom. The normalized spacial score (nSPS) is 19.1. The number of aromatic nitrogens is 3. The summed E-state index contributed by atoms with van der Waals surface area (Å²) >= 11 is -0.796. The quantitative estimate of drug-likeness (QED) is 0.137. The summed E-state index contributed by atoms with van der Waals surface area (Å²) in [4.78, 5) is 43.0. The van der Waals surface area contributed by atoms with Crippen LogP contribution in [0.3, 0.4) is 0 Å². The fourth-order valence-corrected chi connectivity index (χ4v) is 7.85. The predicted molar refractivity (Wildman–Crippen MR) is 144 cm³/mol. The number of imide groups is 1. The van der Waals surface area contributed by atoms with Crippen molar-refractivity contribution in [3.05, 3.63) is 92.9 Å². The molecule has 0 saturated carbocycles. The first-order valence-corrected chi connectivity index (χ1v) is 15.3. The number of piperidine rings is 1. The summed E-state index contributed by atoms with van der Waals surface area (Å²) in [5.41, 5.74) is 8.17. The Morgan fingerprint density at radius 2 is 1.76 bits per heavy atom. The minimum atomic E-state index is -0.796. The first-order valence-electron chi connectivity index (χ1n) is 13.3. The summed E-state index contributed by atoms with van der Waals surface area (Å²) in [5, 5.41) is 20.1. The molecule has 1 unspecified atom stereocenters. The molecule has 3 aliphatic rings. The van der Waals surface area contributed by atoms with Crippen LogP contribution in [0.1, 0.15) is 46.3 Å². The van der Waals surface area contributed by atoms with Crippen LogP contribution in [0.25, 0.3) is 22.4 Å². The molecular formula is C30H24IN6O4-. The Morgan fingerprint density at radius 3 is 2.56 bits per heavy atom. The first-order chi connectivity index (χ1) is 20.0. The second-order valence-electron chi connectivity index (χ2n) is 10.2. The summed E-state index contributed by atoms with van der Waals surface area (Å²) in [6, 6.07) is 15.4. The van der Waals surface area contributed by atoms with E-state index >= 15 is 0 Å². The third-order valence-electron chi connectivity index (χ3n) is 7.79. The van der Waals surface area contributed by atoms with Gasteiger partial charge in [0.1, 0.15) is 0 Å². The van der Waals surface area contributed by atoms with Crippen LogP contribution in [0.5, 0.6) is 0 Å². The number of oxime groups is 1. The van der Waals surface area contributed by atoms with Crippen molar-refractivity contribution < 1.29 is 41.1 Å². The van der Waals surface area contributed by atoms with Gasteiger partial charge in [0.05, 0.1) is 0 Å². The van der Waals surface area contributed by atoms with Crippen LogP contribution < -0.4 is 26.8 Å². The van der Waals surface area contributed by atoms with Gasteiger partial charge in [-0.1, -0.05) is 0 Å². The molecule has 0 radical (unpaired) electrons. The zero-order valence-corrected chi connectivity index (χ0v) is 23.9. The monoisotopic (exact) mass is 659 g/mol. The second-order valence-corrected chi connectivity index (χ2v) is 12.9. The third-order valence-corrected chi connectivity index (χ3v) is 10.0. The summed E-state index contributed by atoms with van der Waals surface area (Å²) in [7, 11) is 0. The van der Waals surface area contributed by atoms with Gasteiger partial charge in [-0.05, 0) is 0 Å². The molecular weight excluding hydrogens is 635 g/mol. The number of nitrogens with zero attached hydrogens (tertiary/aromatic N) is 5. The molecule has 206 valence electrons. The van der Waals surface area contributed by atoms with Gasteiger partial charge in [0.25, 0.3) is 0 Å². The van der Waals surface area contributed by atoms with Gasteiger partial charge < -0.3 is 0 Å². The molecule has 2 N–H and O–H groups in total. The van der Waals surface area contributed by atoms with E-state index < -0.39 is 33.4 Å². The van der Waals surface area contributed by atoms with Crippen molar-refractivity contribution in [3.8, 4) is 22.4 Å². The van der Waals surface area contributed by atoms with Crippen LogP contribution in [-0.4, -0.2) is 52.6 Å². The molecule has 2 aliphatic heterocycles. The van der Waals surface area contributed by atoms with Gasteiger partial charge >= 0.3 is 246 Å². The third kappa shape index (κ3) is 4.59. The van der Waals surface area contributed by atoms with Crippen LogP contribution in [0, 0.1) is 3.57 Å². The summed E-state index contributed by atoms with van der Waals surface area (Å²) in [5.74, 6) is -0.882. The molecule has 10 nitrogen and oxygen atoms in total. The Labute approximate surface area is 245 Å². The van der Waals surface area contributed by atoms with Crippen molar-refractivity contribution in [1.29, 1.82) is 0 Å². The molecule has 1 aliphatic carbocycles. The Kier molecular flexibility index (Phi) is 6.37.